The van der Waals surface area contributed by atoms with E-state index in [1.54, 1.807) is 6.07 Å². The molecule has 0 saturated carbocycles. The van der Waals surface area contributed by atoms with Crippen LogP contribution >= 0.6 is 0 Å². The maximum absolute atomic E-state index is 11.7. The maximum atomic E-state index is 11.7. The first-order valence-electron chi connectivity index (χ1n) is 6.53. The van der Waals surface area contributed by atoms with Crippen LogP contribution in [0.2, 0.25) is 0 Å². The molecule has 0 aliphatic carbocycles. The number of amides is 1. The van der Waals surface area contributed by atoms with Gasteiger partial charge in [0.25, 0.3) is 5.91 Å². The van der Waals surface area contributed by atoms with Crippen molar-refractivity contribution in [2.24, 2.45) is 5.92 Å². The lowest BCUT2D eigenvalue weighted by Crippen LogP contribution is -2.33. The van der Waals surface area contributed by atoms with Gasteiger partial charge in [0.15, 0.2) is 0 Å². The van der Waals surface area contributed by atoms with E-state index in [1.807, 2.05) is 13.8 Å². The van der Waals surface area contributed by atoms with E-state index >= 15 is 0 Å². The second-order valence-electron chi connectivity index (χ2n) is 5.02. The third-order valence-electron chi connectivity index (χ3n) is 2.62. The number of nitrogens with one attached hydrogen (secondary N) is 2. The van der Waals surface area contributed by atoms with E-state index in [0.717, 1.165) is 18.5 Å². The van der Waals surface area contributed by atoms with Crippen LogP contribution in [0.4, 0.5) is 0 Å². The first-order chi connectivity index (χ1) is 8.52. The van der Waals surface area contributed by atoms with Crippen LogP contribution in [0.5, 0.6) is 0 Å². The van der Waals surface area contributed by atoms with Crippen molar-refractivity contribution in [1.82, 2.24) is 15.5 Å². The molecule has 1 aromatic rings. The molecule has 1 rings (SSSR count). The van der Waals surface area contributed by atoms with Crippen molar-refractivity contribution in [3.05, 3.63) is 17.5 Å². The van der Waals surface area contributed by atoms with Gasteiger partial charge in [0, 0.05) is 12.2 Å². The van der Waals surface area contributed by atoms with Gasteiger partial charge in [-0.05, 0) is 24.8 Å². The average Bonchev–Trinajstić information content (AvgIpc) is 2.74. The first-order valence-corrected chi connectivity index (χ1v) is 6.53. The molecule has 0 radical (unpaired) electrons. The number of hydrogen-bond acceptors (Lipinski definition) is 3. The number of H-pyrrole nitrogens is 1. The minimum atomic E-state index is -0.497. The number of aryl methyl sites for hydroxylation is 1. The van der Waals surface area contributed by atoms with Crippen molar-refractivity contribution in [2.45, 2.75) is 46.1 Å². The van der Waals surface area contributed by atoms with Crippen LogP contribution < -0.4 is 5.32 Å². The first kappa shape index (κ1) is 14.7. The molecular formula is C13H23N3O2. The van der Waals surface area contributed by atoms with Gasteiger partial charge in [-0.1, -0.05) is 27.2 Å². The predicted octanol–water partition coefficient (Wildman–Crippen LogP) is 1.50. The number of aromatic amines is 1. The van der Waals surface area contributed by atoms with Crippen LogP contribution in [-0.4, -0.2) is 33.9 Å². The van der Waals surface area contributed by atoms with Crippen LogP contribution in [0.25, 0.3) is 0 Å². The minimum absolute atomic E-state index is 0.239. The number of aliphatic hydroxyl groups is 1. The van der Waals surface area contributed by atoms with Gasteiger partial charge in [0.1, 0.15) is 5.69 Å². The van der Waals surface area contributed by atoms with Crippen LogP contribution in [0, 0.1) is 5.92 Å². The summed E-state index contributed by atoms with van der Waals surface area (Å²) in [5.41, 5.74) is 1.35. The summed E-state index contributed by atoms with van der Waals surface area (Å²) in [5.74, 6) is 0.176. The van der Waals surface area contributed by atoms with Crippen molar-refractivity contribution in [3.8, 4) is 0 Å². The molecule has 102 valence electrons. The molecule has 0 spiro atoms. The Bertz CT molecular complexity index is 374. The van der Waals surface area contributed by atoms with Crippen molar-refractivity contribution in [1.29, 1.82) is 0 Å². The SMILES string of the molecule is CCCc1cc(C(=O)NCC(O)CC(C)C)n[nH]1. The van der Waals surface area contributed by atoms with Crippen molar-refractivity contribution in [2.75, 3.05) is 6.54 Å². The normalized spacial score (nSPS) is 12.7. The molecule has 1 amide bonds. The molecule has 0 fully saturated rings. The zero-order chi connectivity index (χ0) is 13.5. The highest BCUT2D eigenvalue weighted by Crippen LogP contribution is 2.05. The number of aromatic nitrogens is 2. The Kier molecular flexibility index (Phi) is 5.85. The Balaban J connectivity index is 2.40. The van der Waals surface area contributed by atoms with Crippen LogP contribution in [-0.2, 0) is 6.42 Å². The number of nitrogens with zero attached hydrogens (tertiary/aromatic N) is 1. The molecule has 0 saturated heterocycles. The number of hydrogen-bond donors (Lipinski definition) is 3. The molecule has 1 heterocycles. The van der Waals surface area contributed by atoms with Gasteiger partial charge in [-0.15, -0.1) is 0 Å². The lowest BCUT2D eigenvalue weighted by Gasteiger charge is -2.13. The Morgan fingerprint density at radius 2 is 2.28 bits per heavy atom. The van der Waals surface area contributed by atoms with Gasteiger partial charge in [-0.3, -0.25) is 9.89 Å². The highest BCUT2D eigenvalue weighted by Gasteiger charge is 2.12. The summed E-state index contributed by atoms with van der Waals surface area (Å²) in [7, 11) is 0. The molecule has 0 aromatic carbocycles. The Morgan fingerprint density at radius 1 is 1.56 bits per heavy atom. The van der Waals surface area contributed by atoms with E-state index < -0.39 is 6.10 Å². The van der Waals surface area contributed by atoms with Crippen LogP contribution in [0.1, 0.15) is 49.8 Å². The second-order valence-corrected chi connectivity index (χ2v) is 5.02. The molecule has 5 heteroatoms. The van der Waals surface area contributed by atoms with Crippen molar-refractivity contribution in [3.63, 3.8) is 0 Å². The molecule has 1 aromatic heterocycles. The zero-order valence-electron chi connectivity index (χ0n) is 11.4. The summed E-state index contributed by atoms with van der Waals surface area (Å²) in [4.78, 5) is 11.7. The molecule has 5 nitrogen and oxygen atoms in total. The maximum Gasteiger partial charge on any atom is 0.271 e. The van der Waals surface area contributed by atoms with Crippen LogP contribution in [0.15, 0.2) is 6.07 Å². The summed E-state index contributed by atoms with van der Waals surface area (Å²) < 4.78 is 0. The smallest absolute Gasteiger partial charge is 0.271 e. The molecular weight excluding hydrogens is 230 g/mol. The van der Waals surface area contributed by atoms with Gasteiger partial charge < -0.3 is 10.4 Å². The quantitative estimate of drug-likeness (QED) is 0.689. The van der Waals surface area contributed by atoms with Crippen LogP contribution in [0.3, 0.4) is 0 Å². The van der Waals surface area contributed by atoms with Crippen molar-refractivity contribution >= 4 is 5.91 Å². The van der Waals surface area contributed by atoms with E-state index in [-0.39, 0.29) is 12.5 Å². The number of rotatable bonds is 7. The minimum Gasteiger partial charge on any atom is -0.391 e. The zero-order valence-corrected chi connectivity index (χ0v) is 11.4. The predicted molar refractivity (Wildman–Crippen MR) is 70.4 cm³/mol. The fourth-order valence-corrected chi connectivity index (χ4v) is 1.80. The lowest BCUT2D eigenvalue weighted by molar-refractivity contribution is 0.0895. The van der Waals surface area contributed by atoms with E-state index in [9.17, 15) is 9.90 Å². The summed E-state index contributed by atoms with van der Waals surface area (Å²) in [6.07, 6.45) is 2.08. The van der Waals surface area contributed by atoms with Gasteiger partial charge in [-0.25, -0.2) is 0 Å². The summed E-state index contributed by atoms with van der Waals surface area (Å²) in [6.45, 7) is 6.42. The average molecular weight is 253 g/mol. The Labute approximate surface area is 108 Å². The molecule has 0 aliphatic rings. The van der Waals surface area contributed by atoms with Gasteiger partial charge in [0.05, 0.1) is 6.10 Å². The summed E-state index contributed by atoms with van der Waals surface area (Å²) >= 11 is 0. The molecule has 0 bridgehead atoms. The second kappa shape index (κ2) is 7.16. The Morgan fingerprint density at radius 3 is 2.89 bits per heavy atom. The van der Waals surface area contributed by atoms with Gasteiger partial charge in [0.2, 0.25) is 0 Å². The summed E-state index contributed by atoms with van der Waals surface area (Å²) in [6, 6.07) is 1.76. The van der Waals surface area contributed by atoms with Gasteiger partial charge >= 0.3 is 0 Å². The summed E-state index contributed by atoms with van der Waals surface area (Å²) in [5, 5.41) is 19.1. The lowest BCUT2D eigenvalue weighted by atomic mass is 10.1. The highest BCUT2D eigenvalue weighted by atomic mass is 16.3. The largest absolute Gasteiger partial charge is 0.391 e. The Hall–Kier alpha value is -1.36. The van der Waals surface area contributed by atoms with E-state index in [2.05, 4.69) is 22.4 Å². The topological polar surface area (TPSA) is 78.0 Å². The van der Waals surface area contributed by atoms with Gasteiger partial charge in [-0.2, -0.15) is 5.10 Å². The van der Waals surface area contributed by atoms with Crippen molar-refractivity contribution < 1.29 is 9.90 Å². The number of carbonyl (C=O) groups excluding carboxylic acids is 1. The molecule has 18 heavy (non-hydrogen) atoms. The third-order valence-corrected chi connectivity index (χ3v) is 2.62. The monoisotopic (exact) mass is 253 g/mol. The van der Waals surface area contributed by atoms with E-state index in [0.29, 0.717) is 18.0 Å². The van der Waals surface area contributed by atoms with E-state index in [1.165, 1.54) is 0 Å². The van der Waals surface area contributed by atoms with E-state index in [4.69, 9.17) is 0 Å². The third kappa shape index (κ3) is 4.87. The number of aliphatic hydroxyl groups excluding tert-OH is 1. The highest BCUT2D eigenvalue weighted by molar-refractivity contribution is 5.92. The fraction of sp³-hybridized carbons (Fsp3) is 0.692. The molecule has 3 N–H and O–H groups in total. The molecule has 1 unspecified atom stereocenters. The number of carbonyl (C=O) groups is 1. The standard InChI is InChI=1S/C13H23N3O2/c1-4-5-10-7-12(16-15-10)13(18)14-8-11(17)6-9(2)3/h7,9,11,17H,4-6,8H2,1-3H3,(H,14,18)(H,15,16). The molecule has 0 aliphatic heterocycles. The fourth-order valence-electron chi connectivity index (χ4n) is 1.80. The molecule has 1 atom stereocenters.